The predicted octanol–water partition coefficient (Wildman–Crippen LogP) is 5.18. The highest BCUT2D eigenvalue weighted by molar-refractivity contribution is 5.86. The second-order valence-corrected chi connectivity index (χ2v) is 8.06. The van der Waals surface area contributed by atoms with Crippen LogP contribution < -0.4 is 9.47 Å². The molecule has 2 aliphatic rings. The molecule has 1 amide bonds. The van der Waals surface area contributed by atoms with Gasteiger partial charge in [0, 0.05) is 23.1 Å². The number of para-hydroxylation sites is 1. The van der Waals surface area contributed by atoms with Crippen LogP contribution in [0.4, 0.5) is 4.79 Å². The van der Waals surface area contributed by atoms with Crippen LogP contribution in [0.1, 0.15) is 28.4 Å². The van der Waals surface area contributed by atoms with Crippen LogP contribution in [0.2, 0.25) is 0 Å². The van der Waals surface area contributed by atoms with E-state index in [0.717, 1.165) is 34.5 Å². The summed E-state index contributed by atoms with van der Waals surface area (Å²) in [7, 11) is 0. The van der Waals surface area contributed by atoms with Gasteiger partial charge in [0.1, 0.15) is 12.6 Å². The van der Waals surface area contributed by atoms with Gasteiger partial charge in [0.25, 0.3) is 0 Å². The Morgan fingerprint density at radius 3 is 2.72 bits per heavy atom. The van der Waals surface area contributed by atoms with Crippen molar-refractivity contribution in [2.45, 2.75) is 19.1 Å². The number of carbonyl (C=O) groups excluding carboxylic acids is 1. The van der Waals surface area contributed by atoms with Crippen molar-refractivity contribution in [2.75, 3.05) is 13.3 Å². The largest absolute Gasteiger partial charge is 0.454 e. The molecule has 6 heteroatoms. The highest BCUT2D eigenvalue weighted by atomic mass is 16.7. The van der Waals surface area contributed by atoms with E-state index < -0.39 is 0 Å². The first-order valence-corrected chi connectivity index (χ1v) is 10.7. The van der Waals surface area contributed by atoms with Crippen LogP contribution in [-0.4, -0.2) is 29.3 Å². The lowest BCUT2D eigenvalue weighted by Gasteiger charge is -2.35. The van der Waals surface area contributed by atoms with Crippen molar-refractivity contribution in [2.24, 2.45) is 0 Å². The average Bonchev–Trinajstić information content (AvgIpc) is 3.46. The Morgan fingerprint density at radius 2 is 1.81 bits per heavy atom. The van der Waals surface area contributed by atoms with Gasteiger partial charge in [-0.05, 0) is 41.3 Å². The highest BCUT2D eigenvalue weighted by Gasteiger charge is 2.36. The fourth-order valence-electron chi connectivity index (χ4n) is 4.67. The van der Waals surface area contributed by atoms with Crippen molar-refractivity contribution in [1.29, 1.82) is 0 Å². The molecule has 2 aliphatic heterocycles. The number of amides is 1. The third-order valence-corrected chi connectivity index (χ3v) is 6.19. The number of aromatic amines is 1. The smallest absolute Gasteiger partial charge is 0.410 e. The number of aromatic nitrogens is 1. The average molecular weight is 426 g/mol. The standard InChI is InChI=1S/C26H22N2O4/c29-26(30-15-17-6-2-1-3-7-17)28-13-12-20-19-8-4-5-9-21(19)27-24(20)25(28)18-10-11-22-23(14-18)32-16-31-22/h1-11,14,25,27H,12-13,15-16H2. The molecule has 3 aromatic carbocycles. The van der Waals surface area contributed by atoms with Crippen LogP contribution in [-0.2, 0) is 17.8 Å². The number of ether oxygens (including phenoxy) is 3. The summed E-state index contributed by atoms with van der Waals surface area (Å²) >= 11 is 0. The summed E-state index contributed by atoms with van der Waals surface area (Å²) in [5, 5.41) is 1.20. The van der Waals surface area contributed by atoms with Gasteiger partial charge in [-0.1, -0.05) is 54.6 Å². The van der Waals surface area contributed by atoms with Gasteiger partial charge in [-0.2, -0.15) is 0 Å². The molecule has 1 unspecified atom stereocenters. The Labute approximate surface area is 185 Å². The summed E-state index contributed by atoms with van der Waals surface area (Å²) in [6.45, 7) is 1.02. The molecule has 0 radical (unpaired) electrons. The number of fused-ring (bicyclic) bond motifs is 4. The van der Waals surface area contributed by atoms with Crippen molar-refractivity contribution in [3.8, 4) is 11.5 Å². The van der Waals surface area contributed by atoms with Gasteiger partial charge in [-0.25, -0.2) is 4.79 Å². The molecule has 4 aromatic rings. The van der Waals surface area contributed by atoms with Crippen LogP contribution in [0.25, 0.3) is 10.9 Å². The minimum absolute atomic E-state index is 0.212. The Kier molecular flexibility index (Phi) is 4.49. The lowest BCUT2D eigenvalue weighted by atomic mass is 9.92. The first kappa shape index (κ1) is 18.8. The summed E-state index contributed by atoms with van der Waals surface area (Å²) in [6.07, 6.45) is 0.432. The summed E-state index contributed by atoms with van der Waals surface area (Å²) in [5.41, 5.74) is 5.26. The molecule has 0 bridgehead atoms. The Morgan fingerprint density at radius 1 is 1.00 bits per heavy atom. The zero-order valence-electron chi connectivity index (χ0n) is 17.4. The van der Waals surface area contributed by atoms with E-state index in [4.69, 9.17) is 14.2 Å². The molecule has 6 rings (SSSR count). The summed E-state index contributed by atoms with van der Waals surface area (Å²) in [6, 6.07) is 23.6. The molecule has 160 valence electrons. The molecule has 0 saturated heterocycles. The molecule has 0 aliphatic carbocycles. The van der Waals surface area contributed by atoms with E-state index in [-0.39, 0.29) is 25.5 Å². The minimum atomic E-state index is -0.333. The van der Waals surface area contributed by atoms with E-state index >= 15 is 0 Å². The van der Waals surface area contributed by atoms with Crippen molar-refractivity contribution < 1.29 is 19.0 Å². The number of hydrogen-bond acceptors (Lipinski definition) is 4. The minimum Gasteiger partial charge on any atom is -0.454 e. The fraction of sp³-hybridized carbons (Fsp3) is 0.192. The van der Waals surface area contributed by atoms with Crippen molar-refractivity contribution in [1.82, 2.24) is 9.88 Å². The Bertz CT molecular complexity index is 1300. The number of H-pyrrole nitrogens is 1. The van der Waals surface area contributed by atoms with E-state index in [1.807, 2.05) is 60.7 Å². The van der Waals surface area contributed by atoms with Crippen LogP contribution >= 0.6 is 0 Å². The Balaban J connectivity index is 1.39. The number of rotatable bonds is 3. The third kappa shape index (κ3) is 3.15. The number of nitrogens with one attached hydrogen (secondary N) is 1. The quantitative estimate of drug-likeness (QED) is 0.490. The van der Waals surface area contributed by atoms with Crippen LogP contribution in [0.5, 0.6) is 11.5 Å². The molecular weight excluding hydrogens is 404 g/mol. The first-order chi connectivity index (χ1) is 15.8. The zero-order valence-corrected chi connectivity index (χ0v) is 17.4. The molecule has 1 N–H and O–H groups in total. The van der Waals surface area contributed by atoms with Gasteiger partial charge in [0.05, 0.1) is 0 Å². The summed E-state index contributed by atoms with van der Waals surface area (Å²) < 4.78 is 16.8. The Hall–Kier alpha value is -3.93. The monoisotopic (exact) mass is 426 g/mol. The maximum atomic E-state index is 13.2. The summed E-state index contributed by atoms with van der Waals surface area (Å²) in [5.74, 6) is 1.42. The fourth-order valence-corrected chi connectivity index (χ4v) is 4.67. The normalized spacial score (nSPS) is 16.8. The number of carbonyl (C=O) groups is 1. The lowest BCUT2D eigenvalue weighted by Crippen LogP contribution is -2.40. The second kappa shape index (κ2) is 7.64. The molecule has 0 fully saturated rings. The van der Waals surface area contributed by atoms with E-state index in [2.05, 4.69) is 17.1 Å². The van der Waals surface area contributed by atoms with E-state index in [0.29, 0.717) is 12.3 Å². The van der Waals surface area contributed by atoms with Crippen LogP contribution in [0.15, 0.2) is 72.8 Å². The molecule has 32 heavy (non-hydrogen) atoms. The van der Waals surface area contributed by atoms with Gasteiger partial charge in [-0.3, -0.25) is 4.90 Å². The van der Waals surface area contributed by atoms with Gasteiger partial charge in [-0.15, -0.1) is 0 Å². The second-order valence-electron chi connectivity index (χ2n) is 8.06. The van der Waals surface area contributed by atoms with Crippen molar-refractivity contribution in [3.63, 3.8) is 0 Å². The first-order valence-electron chi connectivity index (χ1n) is 10.7. The van der Waals surface area contributed by atoms with Crippen LogP contribution in [0, 0.1) is 0 Å². The highest BCUT2D eigenvalue weighted by Crippen LogP contribution is 2.42. The van der Waals surface area contributed by atoms with Gasteiger partial charge in [0.2, 0.25) is 6.79 Å². The molecule has 0 spiro atoms. The molecule has 1 atom stereocenters. The molecule has 0 saturated carbocycles. The number of benzene rings is 3. The van der Waals surface area contributed by atoms with E-state index in [1.54, 1.807) is 4.90 Å². The molecule has 3 heterocycles. The molecule has 1 aromatic heterocycles. The lowest BCUT2D eigenvalue weighted by molar-refractivity contribution is 0.0831. The SMILES string of the molecule is O=C(OCc1ccccc1)N1CCc2c([nH]c3ccccc23)C1c1ccc2c(c1)OCO2. The van der Waals surface area contributed by atoms with Crippen LogP contribution in [0.3, 0.4) is 0 Å². The van der Waals surface area contributed by atoms with Gasteiger partial charge >= 0.3 is 6.09 Å². The topological polar surface area (TPSA) is 63.8 Å². The maximum absolute atomic E-state index is 13.2. The third-order valence-electron chi connectivity index (χ3n) is 6.19. The zero-order chi connectivity index (χ0) is 21.5. The maximum Gasteiger partial charge on any atom is 0.410 e. The molecular formula is C26H22N2O4. The van der Waals surface area contributed by atoms with Gasteiger partial charge in [0.15, 0.2) is 11.5 Å². The van der Waals surface area contributed by atoms with Crippen molar-refractivity contribution in [3.05, 3.63) is 95.2 Å². The van der Waals surface area contributed by atoms with Crippen molar-refractivity contribution >= 4 is 17.0 Å². The van der Waals surface area contributed by atoms with Gasteiger partial charge < -0.3 is 19.2 Å². The predicted molar refractivity (Wildman–Crippen MR) is 120 cm³/mol. The van der Waals surface area contributed by atoms with E-state index in [9.17, 15) is 4.79 Å². The number of nitrogens with zero attached hydrogens (tertiary/aromatic N) is 1. The molecule has 6 nitrogen and oxygen atoms in total. The number of hydrogen-bond donors (Lipinski definition) is 1. The van der Waals surface area contributed by atoms with E-state index in [1.165, 1.54) is 10.9 Å². The summed E-state index contributed by atoms with van der Waals surface area (Å²) in [4.78, 5) is 18.6.